The molecular weight excluding hydrogens is 354 g/mol. The second kappa shape index (κ2) is 8.60. The fourth-order valence-corrected chi connectivity index (χ4v) is 6.29. The SMILES string of the molecule is CCNC(=O)N[C@H]1CC[C@]2(C)CCC([C@H](C)C(=O)N3CCCC3)[C@H](O)[C@H]2[C@@H]1C. The van der Waals surface area contributed by atoms with Crippen LogP contribution in [0.3, 0.4) is 0 Å². The molecule has 160 valence electrons. The highest BCUT2D eigenvalue weighted by Gasteiger charge is 2.54. The second-order valence-electron chi connectivity index (χ2n) is 9.70. The van der Waals surface area contributed by atoms with Crippen molar-refractivity contribution < 1.29 is 14.7 Å². The molecule has 2 saturated carbocycles. The molecule has 0 aromatic heterocycles. The number of rotatable bonds is 4. The average Bonchev–Trinajstić information content (AvgIpc) is 3.18. The van der Waals surface area contributed by atoms with Crippen molar-refractivity contribution >= 4 is 11.9 Å². The number of urea groups is 1. The Morgan fingerprint density at radius 1 is 1.21 bits per heavy atom. The molecule has 0 radical (unpaired) electrons. The van der Waals surface area contributed by atoms with Gasteiger partial charge in [0.2, 0.25) is 5.91 Å². The summed E-state index contributed by atoms with van der Waals surface area (Å²) < 4.78 is 0. The maximum Gasteiger partial charge on any atom is 0.315 e. The summed E-state index contributed by atoms with van der Waals surface area (Å²) in [6.45, 7) is 10.7. The molecule has 3 fully saturated rings. The standard InChI is InChI=1S/C22H39N3O3/c1-5-23-21(28)24-17-9-11-22(4)10-8-16(19(26)18(22)15(17)3)14(2)20(27)25-12-6-7-13-25/h14-19,26H,5-13H2,1-4H3,(H2,23,24,28)/t14-,15+,16?,17-,18+,19-,22-/m0/s1. The summed E-state index contributed by atoms with van der Waals surface area (Å²) in [6, 6.07) is -0.0509. The van der Waals surface area contributed by atoms with Crippen LogP contribution < -0.4 is 10.6 Å². The highest BCUT2D eigenvalue weighted by Crippen LogP contribution is 2.55. The van der Waals surface area contributed by atoms with E-state index in [1.54, 1.807) is 0 Å². The molecule has 1 aliphatic heterocycles. The average molecular weight is 394 g/mol. The van der Waals surface area contributed by atoms with Crippen LogP contribution in [0.5, 0.6) is 0 Å². The van der Waals surface area contributed by atoms with Crippen molar-refractivity contribution in [2.75, 3.05) is 19.6 Å². The van der Waals surface area contributed by atoms with Gasteiger partial charge >= 0.3 is 6.03 Å². The Labute approximate surface area is 169 Å². The van der Waals surface area contributed by atoms with Gasteiger partial charge in [0.1, 0.15) is 0 Å². The highest BCUT2D eigenvalue weighted by atomic mass is 16.3. The topological polar surface area (TPSA) is 81.7 Å². The third-order valence-electron chi connectivity index (χ3n) is 7.99. The zero-order valence-corrected chi connectivity index (χ0v) is 18.0. The van der Waals surface area contributed by atoms with Gasteiger partial charge in [-0.2, -0.15) is 0 Å². The van der Waals surface area contributed by atoms with Crippen LogP contribution in [0.4, 0.5) is 4.79 Å². The highest BCUT2D eigenvalue weighted by molar-refractivity contribution is 5.79. The number of carbonyl (C=O) groups is 2. The van der Waals surface area contributed by atoms with Crippen molar-refractivity contribution in [2.24, 2.45) is 29.1 Å². The van der Waals surface area contributed by atoms with Gasteiger partial charge in [-0.05, 0) is 68.6 Å². The molecule has 6 nitrogen and oxygen atoms in total. The molecule has 28 heavy (non-hydrogen) atoms. The monoisotopic (exact) mass is 393 g/mol. The minimum Gasteiger partial charge on any atom is -0.392 e. The molecule has 0 bridgehead atoms. The van der Waals surface area contributed by atoms with Crippen LogP contribution >= 0.6 is 0 Å². The van der Waals surface area contributed by atoms with Crippen LogP contribution in [0, 0.1) is 29.1 Å². The predicted octanol–water partition coefficient (Wildman–Crippen LogP) is 2.76. The Bertz CT molecular complexity index is 577. The summed E-state index contributed by atoms with van der Waals surface area (Å²) >= 11 is 0. The van der Waals surface area contributed by atoms with Crippen LogP contribution in [0.2, 0.25) is 0 Å². The van der Waals surface area contributed by atoms with E-state index in [1.807, 2.05) is 18.7 Å². The fourth-order valence-electron chi connectivity index (χ4n) is 6.29. The second-order valence-corrected chi connectivity index (χ2v) is 9.70. The van der Waals surface area contributed by atoms with E-state index in [0.29, 0.717) is 6.54 Å². The molecule has 3 aliphatic rings. The molecule has 3 N–H and O–H groups in total. The summed E-state index contributed by atoms with van der Waals surface area (Å²) in [6.07, 6.45) is 5.62. The molecule has 7 atom stereocenters. The first-order valence-corrected chi connectivity index (χ1v) is 11.3. The van der Waals surface area contributed by atoms with Gasteiger partial charge in [-0.1, -0.05) is 20.8 Å². The number of carbonyl (C=O) groups excluding carboxylic acids is 2. The van der Waals surface area contributed by atoms with Gasteiger partial charge in [-0.15, -0.1) is 0 Å². The van der Waals surface area contributed by atoms with Gasteiger partial charge < -0.3 is 20.6 Å². The van der Waals surface area contributed by atoms with E-state index in [9.17, 15) is 14.7 Å². The van der Waals surface area contributed by atoms with E-state index in [0.717, 1.165) is 51.6 Å². The third kappa shape index (κ3) is 4.03. The molecule has 3 amide bonds. The minimum absolute atomic E-state index is 0.0110. The number of aliphatic hydroxyl groups excluding tert-OH is 1. The Hall–Kier alpha value is -1.30. The lowest BCUT2D eigenvalue weighted by Crippen LogP contribution is -2.59. The van der Waals surface area contributed by atoms with Gasteiger partial charge in [-0.3, -0.25) is 4.79 Å². The van der Waals surface area contributed by atoms with E-state index in [1.165, 1.54) is 0 Å². The minimum atomic E-state index is -0.492. The predicted molar refractivity (Wildman–Crippen MR) is 110 cm³/mol. The zero-order chi connectivity index (χ0) is 20.5. The van der Waals surface area contributed by atoms with Gasteiger partial charge in [-0.25, -0.2) is 4.79 Å². The Morgan fingerprint density at radius 2 is 1.86 bits per heavy atom. The van der Waals surface area contributed by atoms with Crippen molar-refractivity contribution in [2.45, 2.75) is 78.4 Å². The van der Waals surface area contributed by atoms with Crippen molar-refractivity contribution in [3.8, 4) is 0 Å². The van der Waals surface area contributed by atoms with Crippen LogP contribution in [-0.2, 0) is 4.79 Å². The van der Waals surface area contributed by atoms with Crippen LogP contribution in [0.1, 0.15) is 66.2 Å². The smallest absolute Gasteiger partial charge is 0.315 e. The third-order valence-corrected chi connectivity index (χ3v) is 7.99. The molecule has 1 saturated heterocycles. The van der Waals surface area contributed by atoms with E-state index in [-0.39, 0.29) is 47.1 Å². The first-order valence-electron chi connectivity index (χ1n) is 11.3. The van der Waals surface area contributed by atoms with E-state index >= 15 is 0 Å². The quantitative estimate of drug-likeness (QED) is 0.687. The summed E-state index contributed by atoms with van der Waals surface area (Å²) in [5, 5.41) is 17.4. The molecule has 0 aromatic rings. The lowest BCUT2D eigenvalue weighted by molar-refractivity contribution is -0.149. The molecule has 3 rings (SSSR count). The van der Waals surface area contributed by atoms with Crippen molar-refractivity contribution in [1.82, 2.24) is 15.5 Å². The zero-order valence-electron chi connectivity index (χ0n) is 18.0. The molecule has 1 unspecified atom stereocenters. The van der Waals surface area contributed by atoms with Gasteiger partial charge in [0.05, 0.1) is 6.10 Å². The molecule has 0 aromatic carbocycles. The number of aliphatic hydroxyl groups is 1. The van der Waals surface area contributed by atoms with E-state index in [2.05, 4.69) is 24.5 Å². The summed E-state index contributed by atoms with van der Waals surface area (Å²) in [5.41, 5.74) is 0.0885. The van der Waals surface area contributed by atoms with Crippen molar-refractivity contribution in [3.05, 3.63) is 0 Å². The lowest BCUT2D eigenvalue weighted by atomic mass is 9.51. The number of nitrogens with one attached hydrogen (secondary N) is 2. The van der Waals surface area contributed by atoms with Crippen LogP contribution in [0.25, 0.3) is 0 Å². The number of hydrogen-bond acceptors (Lipinski definition) is 3. The maximum absolute atomic E-state index is 12.9. The molecule has 2 aliphatic carbocycles. The number of nitrogens with zero attached hydrogens (tertiary/aromatic N) is 1. The molecule has 1 heterocycles. The molecular formula is C22H39N3O3. The maximum atomic E-state index is 12.9. The van der Waals surface area contributed by atoms with Crippen LogP contribution in [0.15, 0.2) is 0 Å². The summed E-state index contributed by atoms with van der Waals surface area (Å²) in [4.78, 5) is 27.0. The van der Waals surface area contributed by atoms with Gasteiger partial charge in [0.15, 0.2) is 0 Å². The number of hydrogen-bond donors (Lipinski definition) is 3. The Balaban J connectivity index is 1.72. The number of fused-ring (bicyclic) bond motifs is 1. The van der Waals surface area contributed by atoms with Gasteiger partial charge in [0.25, 0.3) is 0 Å². The Morgan fingerprint density at radius 3 is 2.50 bits per heavy atom. The van der Waals surface area contributed by atoms with E-state index in [4.69, 9.17) is 0 Å². The first-order chi connectivity index (χ1) is 13.3. The van der Waals surface area contributed by atoms with E-state index < -0.39 is 6.10 Å². The fraction of sp³-hybridized carbons (Fsp3) is 0.909. The number of amides is 3. The van der Waals surface area contributed by atoms with Gasteiger partial charge in [0, 0.05) is 31.6 Å². The summed E-state index contributed by atoms with van der Waals surface area (Å²) in [7, 11) is 0. The molecule has 6 heteroatoms. The number of likely N-dealkylation sites (tertiary alicyclic amines) is 1. The van der Waals surface area contributed by atoms with Crippen LogP contribution in [-0.4, -0.2) is 53.7 Å². The normalized spacial score (nSPS) is 39.2. The Kier molecular flexibility index (Phi) is 6.58. The van der Waals surface area contributed by atoms with Crippen molar-refractivity contribution in [1.29, 1.82) is 0 Å². The lowest BCUT2D eigenvalue weighted by Gasteiger charge is -2.56. The van der Waals surface area contributed by atoms with Crippen molar-refractivity contribution in [3.63, 3.8) is 0 Å². The molecule has 0 spiro atoms. The summed E-state index contributed by atoms with van der Waals surface area (Å²) in [5.74, 6) is 0.387. The largest absolute Gasteiger partial charge is 0.392 e. The first kappa shape index (κ1) is 21.4.